The molecule has 1 saturated heterocycles. The Kier molecular flexibility index (Phi) is 5.56. The number of aromatic nitrogens is 2. The van der Waals surface area contributed by atoms with Crippen molar-refractivity contribution in [3.8, 4) is 0 Å². The number of rotatable bonds is 5. The minimum absolute atomic E-state index is 0.354. The van der Waals surface area contributed by atoms with Gasteiger partial charge in [-0.1, -0.05) is 36.8 Å². The van der Waals surface area contributed by atoms with E-state index >= 15 is 0 Å². The van der Waals surface area contributed by atoms with Crippen LogP contribution in [-0.2, 0) is 10.0 Å². The minimum atomic E-state index is -3.61. The van der Waals surface area contributed by atoms with Crippen molar-refractivity contribution in [2.24, 2.45) is 5.92 Å². The maximum Gasteiger partial charge on any atom is 0.255 e. The quantitative estimate of drug-likeness (QED) is 0.870. The van der Waals surface area contributed by atoms with Crippen molar-refractivity contribution in [2.45, 2.75) is 26.7 Å². The zero-order valence-corrected chi connectivity index (χ0v) is 15.9. The third-order valence-corrected chi connectivity index (χ3v) is 5.50. The molecule has 0 bridgehead atoms. The zero-order valence-electron chi connectivity index (χ0n) is 15.1. The molecule has 0 amide bonds. The maximum atomic E-state index is 12.2. The first-order chi connectivity index (χ1) is 12.4. The summed E-state index contributed by atoms with van der Waals surface area (Å²) in [5.41, 5.74) is 2.31. The molecule has 2 heterocycles. The second-order valence-corrected chi connectivity index (χ2v) is 8.37. The lowest BCUT2D eigenvalue weighted by Crippen LogP contribution is -2.34. The van der Waals surface area contributed by atoms with Crippen LogP contribution < -0.4 is 9.62 Å². The highest BCUT2D eigenvalue weighted by Gasteiger charge is 2.18. The Morgan fingerprint density at radius 2 is 1.73 bits per heavy atom. The molecule has 1 aliphatic rings. The molecule has 26 heavy (non-hydrogen) atoms. The first-order valence-electron chi connectivity index (χ1n) is 8.76. The van der Waals surface area contributed by atoms with E-state index in [0.29, 0.717) is 11.6 Å². The summed E-state index contributed by atoms with van der Waals surface area (Å²) in [4.78, 5) is 10.7. The van der Waals surface area contributed by atoms with Crippen LogP contribution in [0, 0.1) is 12.8 Å². The second kappa shape index (κ2) is 7.86. The lowest BCUT2D eigenvalue weighted by atomic mass is 10.00. The van der Waals surface area contributed by atoms with Crippen molar-refractivity contribution in [3.05, 3.63) is 53.2 Å². The molecule has 0 aliphatic carbocycles. The largest absolute Gasteiger partial charge is 0.341 e. The van der Waals surface area contributed by atoms with Crippen LogP contribution in [0.25, 0.3) is 6.08 Å². The standard InChI is InChI=1S/C19H24N4O2S/c1-15-3-5-17(6-4-15)9-12-26(24,25)22-18-13-20-19(21-14-18)23-10-7-16(2)8-11-23/h3-6,9,12-14,16,22H,7-8,10-11H2,1-2H3/b12-9+. The third-order valence-electron chi connectivity index (χ3n) is 4.48. The summed E-state index contributed by atoms with van der Waals surface area (Å²) in [7, 11) is -3.61. The molecule has 1 N–H and O–H groups in total. The molecule has 0 saturated carbocycles. The molecule has 3 rings (SSSR count). The van der Waals surface area contributed by atoms with E-state index in [2.05, 4.69) is 26.5 Å². The van der Waals surface area contributed by atoms with E-state index in [1.807, 2.05) is 31.2 Å². The zero-order chi connectivity index (χ0) is 18.6. The summed E-state index contributed by atoms with van der Waals surface area (Å²) < 4.78 is 26.9. The van der Waals surface area contributed by atoms with Crippen LogP contribution in [0.2, 0.25) is 0 Å². The van der Waals surface area contributed by atoms with Gasteiger partial charge in [-0.05, 0) is 37.3 Å². The molecule has 0 radical (unpaired) electrons. The molecule has 6 nitrogen and oxygen atoms in total. The molecule has 1 aromatic heterocycles. The molecule has 1 fully saturated rings. The number of aryl methyl sites for hydroxylation is 1. The first kappa shape index (κ1) is 18.4. The van der Waals surface area contributed by atoms with Crippen molar-refractivity contribution >= 4 is 27.7 Å². The fourth-order valence-corrected chi connectivity index (χ4v) is 3.63. The van der Waals surface area contributed by atoms with E-state index in [4.69, 9.17) is 0 Å². The number of hydrogen-bond donors (Lipinski definition) is 1. The van der Waals surface area contributed by atoms with Gasteiger partial charge in [0.25, 0.3) is 10.0 Å². The van der Waals surface area contributed by atoms with Crippen molar-refractivity contribution in [1.29, 1.82) is 0 Å². The Balaban J connectivity index is 1.63. The van der Waals surface area contributed by atoms with Crippen molar-refractivity contribution < 1.29 is 8.42 Å². The number of benzene rings is 1. The number of nitrogens with zero attached hydrogens (tertiary/aromatic N) is 3. The summed E-state index contributed by atoms with van der Waals surface area (Å²) in [6.07, 6.45) is 6.84. The predicted octanol–water partition coefficient (Wildman–Crippen LogP) is 3.43. The fraction of sp³-hybridized carbons (Fsp3) is 0.368. The van der Waals surface area contributed by atoms with Crippen LogP contribution in [0.4, 0.5) is 11.6 Å². The topological polar surface area (TPSA) is 75.2 Å². The van der Waals surface area contributed by atoms with E-state index in [9.17, 15) is 8.42 Å². The first-order valence-corrected chi connectivity index (χ1v) is 10.3. The number of anilines is 2. The van der Waals surface area contributed by atoms with Crippen molar-refractivity contribution in [1.82, 2.24) is 9.97 Å². The van der Waals surface area contributed by atoms with Gasteiger partial charge in [-0.25, -0.2) is 18.4 Å². The Bertz CT molecular complexity index is 853. The Morgan fingerprint density at radius 1 is 1.12 bits per heavy atom. The summed E-state index contributed by atoms with van der Waals surface area (Å²) in [6.45, 7) is 6.11. The molecule has 0 unspecified atom stereocenters. The van der Waals surface area contributed by atoms with Gasteiger partial charge in [-0.3, -0.25) is 4.72 Å². The van der Waals surface area contributed by atoms with Crippen molar-refractivity contribution in [2.75, 3.05) is 22.7 Å². The lowest BCUT2D eigenvalue weighted by Gasteiger charge is -2.30. The van der Waals surface area contributed by atoms with Crippen LogP contribution >= 0.6 is 0 Å². The Labute approximate surface area is 155 Å². The normalized spacial score (nSPS) is 16.2. The van der Waals surface area contributed by atoms with Gasteiger partial charge in [-0.2, -0.15) is 0 Å². The monoisotopic (exact) mass is 372 g/mol. The van der Waals surface area contributed by atoms with E-state index in [1.165, 1.54) is 12.4 Å². The SMILES string of the molecule is Cc1ccc(/C=C/S(=O)(=O)Nc2cnc(N3CCC(C)CC3)nc2)cc1. The van der Waals surface area contributed by atoms with E-state index in [1.54, 1.807) is 6.08 Å². The van der Waals surface area contributed by atoms with Crippen LogP contribution in [0.3, 0.4) is 0 Å². The molecule has 1 aliphatic heterocycles. The number of hydrogen-bond acceptors (Lipinski definition) is 5. The van der Waals surface area contributed by atoms with Crippen LogP contribution in [0.15, 0.2) is 42.1 Å². The molecule has 0 atom stereocenters. The highest BCUT2D eigenvalue weighted by molar-refractivity contribution is 7.95. The maximum absolute atomic E-state index is 12.2. The molecule has 1 aromatic carbocycles. The summed E-state index contributed by atoms with van der Waals surface area (Å²) >= 11 is 0. The van der Waals surface area contributed by atoms with Crippen molar-refractivity contribution in [3.63, 3.8) is 0 Å². The average molecular weight is 372 g/mol. The van der Waals surface area contributed by atoms with Gasteiger partial charge in [0.15, 0.2) is 0 Å². The minimum Gasteiger partial charge on any atom is -0.341 e. The summed E-state index contributed by atoms with van der Waals surface area (Å²) in [6, 6.07) is 7.62. The highest BCUT2D eigenvalue weighted by Crippen LogP contribution is 2.20. The van der Waals surface area contributed by atoms with Crippen LogP contribution in [-0.4, -0.2) is 31.5 Å². The third kappa shape index (κ3) is 5.05. The van der Waals surface area contributed by atoms with Gasteiger partial charge in [0.05, 0.1) is 23.5 Å². The van der Waals surface area contributed by atoms with Crippen LogP contribution in [0.1, 0.15) is 30.9 Å². The fourth-order valence-electron chi connectivity index (χ4n) is 2.79. The van der Waals surface area contributed by atoms with Gasteiger partial charge >= 0.3 is 0 Å². The number of nitrogens with one attached hydrogen (secondary N) is 1. The molecule has 2 aromatic rings. The van der Waals surface area contributed by atoms with Gasteiger partial charge in [0.2, 0.25) is 5.95 Å². The number of sulfonamides is 1. The smallest absolute Gasteiger partial charge is 0.255 e. The molecule has 7 heteroatoms. The molecule has 138 valence electrons. The van der Waals surface area contributed by atoms with E-state index in [0.717, 1.165) is 48.4 Å². The number of piperidine rings is 1. The van der Waals surface area contributed by atoms with Gasteiger partial charge < -0.3 is 4.90 Å². The Hall–Kier alpha value is -2.41. The highest BCUT2D eigenvalue weighted by atomic mass is 32.2. The Morgan fingerprint density at radius 3 is 2.35 bits per heavy atom. The van der Waals surface area contributed by atoms with E-state index < -0.39 is 10.0 Å². The summed E-state index contributed by atoms with van der Waals surface area (Å²) in [5.74, 6) is 1.38. The molecular weight excluding hydrogens is 348 g/mol. The van der Waals surface area contributed by atoms with Gasteiger partial charge in [0, 0.05) is 13.1 Å². The summed E-state index contributed by atoms with van der Waals surface area (Å²) in [5, 5.41) is 1.15. The van der Waals surface area contributed by atoms with Gasteiger partial charge in [-0.15, -0.1) is 0 Å². The lowest BCUT2D eigenvalue weighted by molar-refractivity contribution is 0.434. The van der Waals surface area contributed by atoms with Gasteiger partial charge in [0.1, 0.15) is 0 Å². The molecular formula is C19H24N4O2S. The second-order valence-electron chi connectivity index (χ2n) is 6.80. The predicted molar refractivity (Wildman–Crippen MR) is 105 cm³/mol. The molecule has 0 spiro atoms. The van der Waals surface area contributed by atoms with E-state index in [-0.39, 0.29) is 0 Å². The average Bonchev–Trinajstić information content (AvgIpc) is 2.62. The van der Waals surface area contributed by atoms with Crippen LogP contribution in [0.5, 0.6) is 0 Å².